The first-order valence-electron chi connectivity index (χ1n) is 7.62. The summed E-state index contributed by atoms with van der Waals surface area (Å²) < 4.78 is 0. The molecule has 20 heavy (non-hydrogen) atoms. The second kappa shape index (κ2) is 5.02. The zero-order chi connectivity index (χ0) is 13.4. The molecule has 0 amide bonds. The molecule has 2 N–H and O–H groups in total. The first-order chi connectivity index (χ1) is 9.92. The van der Waals surface area contributed by atoms with Gasteiger partial charge in [-0.25, -0.2) is 4.98 Å². The first-order valence-corrected chi connectivity index (χ1v) is 7.62. The van der Waals surface area contributed by atoms with Crippen LogP contribution in [-0.4, -0.2) is 21.7 Å². The quantitative estimate of drug-likeness (QED) is 0.880. The van der Waals surface area contributed by atoms with Crippen LogP contribution in [0.4, 0.5) is 0 Å². The molecule has 4 nitrogen and oxygen atoms in total. The van der Waals surface area contributed by atoms with Crippen molar-refractivity contribution in [2.45, 2.75) is 44.1 Å². The van der Waals surface area contributed by atoms with Crippen molar-refractivity contribution in [1.29, 1.82) is 0 Å². The number of hydrogen-bond donors (Lipinski definition) is 2. The Morgan fingerprint density at radius 2 is 1.95 bits per heavy atom. The van der Waals surface area contributed by atoms with Gasteiger partial charge in [-0.05, 0) is 24.0 Å². The van der Waals surface area contributed by atoms with Gasteiger partial charge in [-0.15, -0.1) is 0 Å². The lowest BCUT2D eigenvalue weighted by molar-refractivity contribution is 0.572. The lowest BCUT2D eigenvalue weighted by Crippen LogP contribution is -2.29. The zero-order valence-electron chi connectivity index (χ0n) is 11.6. The summed E-state index contributed by atoms with van der Waals surface area (Å²) in [5, 5.41) is 11.2. The zero-order valence-corrected chi connectivity index (χ0v) is 11.6. The summed E-state index contributed by atoms with van der Waals surface area (Å²) in [4.78, 5) is 4.81. The maximum Gasteiger partial charge on any atom is 0.153 e. The normalized spacial score (nSPS) is 22.9. The Morgan fingerprint density at radius 3 is 2.85 bits per heavy atom. The molecule has 2 aliphatic rings. The lowest BCUT2D eigenvalue weighted by atomic mass is 9.90. The molecule has 2 heterocycles. The summed E-state index contributed by atoms with van der Waals surface area (Å²) in [6.07, 6.45) is 5.14. The Bertz CT molecular complexity index is 598. The van der Waals surface area contributed by atoms with Crippen molar-refractivity contribution < 1.29 is 0 Å². The van der Waals surface area contributed by atoms with Gasteiger partial charge in [0.05, 0.1) is 5.92 Å². The molecule has 1 unspecified atom stereocenters. The molecule has 4 rings (SSSR count). The maximum atomic E-state index is 4.81. The van der Waals surface area contributed by atoms with Crippen LogP contribution in [-0.2, 0) is 6.54 Å². The van der Waals surface area contributed by atoms with Gasteiger partial charge >= 0.3 is 0 Å². The average Bonchev–Trinajstić information content (AvgIpc) is 3.17. The lowest BCUT2D eigenvalue weighted by Gasteiger charge is -2.24. The number of rotatable bonds is 2. The van der Waals surface area contributed by atoms with E-state index in [4.69, 9.17) is 4.98 Å². The molecule has 1 aromatic heterocycles. The van der Waals surface area contributed by atoms with E-state index in [9.17, 15) is 0 Å². The van der Waals surface area contributed by atoms with Crippen molar-refractivity contribution in [3.05, 3.63) is 47.0 Å². The number of hydrogen-bond acceptors (Lipinski definition) is 3. The van der Waals surface area contributed by atoms with Gasteiger partial charge in [0.1, 0.15) is 5.82 Å². The van der Waals surface area contributed by atoms with Crippen LogP contribution >= 0.6 is 0 Å². The van der Waals surface area contributed by atoms with Crippen LogP contribution in [0.15, 0.2) is 24.3 Å². The van der Waals surface area contributed by atoms with E-state index >= 15 is 0 Å². The average molecular weight is 268 g/mol. The molecule has 1 aliphatic heterocycles. The van der Waals surface area contributed by atoms with E-state index in [1.807, 2.05) is 0 Å². The van der Waals surface area contributed by atoms with Crippen LogP contribution in [0.2, 0.25) is 0 Å². The van der Waals surface area contributed by atoms with Crippen molar-refractivity contribution >= 4 is 0 Å². The molecule has 1 aliphatic carbocycles. The van der Waals surface area contributed by atoms with Crippen molar-refractivity contribution in [1.82, 2.24) is 20.5 Å². The standard InChI is InChI=1S/C16H20N4/c1-2-6-11(5-1)15-18-16(20-19-15)14-10-17-9-12-7-3-4-8-13(12)14/h3-4,7-8,11,14,17H,1-2,5-6,9-10H2,(H,18,19,20). The van der Waals surface area contributed by atoms with Crippen LogP contribution in [0.25, 0.3) is 0 Å². The highest BCUT2D eigenvalue weighted by atomic mass is 15.2. The van der Waals surface area contributed by atoms with E-state index < -0.39 is 0 Å². The molecule has 1 atom stereocenters. The largest absolute Gasteiger partial charge is 0.312 e. The third kappa shape index (κ3) is 2.04. The highest BCUT2D eigenvalue weighted by Gasteiger charge is 2.26. The fourth-order valence-corrected chi connectivity index (χ4v) is 3.55. The van der Waals surface area contributed by atoms with Gasteiger partial charge in [0.15, 0.2) is 5.82 Å². The van der Waals surface area contributed by atoms with Crippen molar-refractivity contribution in [2.24, 2.45) is 0 Å². The van der Waals surface area contributed by atoms with Crippen LogP contribution in [0.1, 0.15) is 60.3 Å². The van der Waals surface area contributed by atoms with Crippen molar-refractivity contribution in [3.8, 4) is 0 Å². The molecule has 104 valence electrons. The molecular formula is C16H20N4. The van der Waals surface area contributed by atoms with E-state index in [1.54, 1.807) is 0 Å². The second-order valence-corrected chi connectivity index (χ2v) is 5.94. The number of nitrogens with one attached hydrogen (secondary N) is 2. The smallest absolute Gasteiger partial charge is 0.153 e. The number of H-pyrrole nitrogens is 1. The van der Waals surface area contributed by atoms with Gasteiger partial charge < -0.3 is 5.32 Å². The first kappa shape index (κ1) is 12.1. The molecule has 0 radical (unpaired) electrons. The van der Waals surface area contributed by atoms with Gasteiger partial charge in [-0.2, -0.15) is 5.10 Å². The molecule has 0 bridgehead atoms. The third-order valence-electron chi connectivity index (χ3n) is 4.66. The fraction of sp³-hybridized carbons (Fsp3) is 0.500. The summed E-state index contributed by atoms with van der Waals surface area (Å²) >= 11 is 0. The predicted octanol–water partition coefficient (Wildman–Crippen LogP) is 2.70. The number of nitrogens with zero attached hydrogens (tertiary/aromatic N) is 2. The number of aromatic amines is 1. The van der Waals surface area contributed by atoms with Crippen molar-refractivity contribution in [2.75, 3.05) is 6.54 Å². The molecule has 1 fully saturated rings. The molecule has 1 aromatic carbocycles. The minimum absolute atomic E-state index is 0.308. The highest BCUT2D eigenvalue weighted by molar-refractivity contribution is 5.36. The maximum absolute atomic E-state index is 4.81. The molecular weight excluding hydrogens is 248 g/mol. The van der Waals surface area contributed by atoms with E-state index in [0.717, 1.165) is 24.7 Å². The summed E-state index contributed by atoms with van der Waals surface area (Å²) in [6.45, 7) is 1.90. The van der Waals surface area contributed by atoms with Crippen molar-refractivity contribution in [3.63, 3.8) is 0 Å². The Labute approximate surface area is 119 Å². The molecule has 1 saturated carbocycles. The topological polar surface area (TPSA) is 53.6 Å². The van der Waals surface area contributed by atoms with E-state index in [-0.39, 0.29) is 0 Å². The minimum Gasteiger partial charge on any atom is -0.312 e. The molecule has 0 spiro atoms. The van der Waals surface area contributed by atoms with Gasteiger partial charge in [0.25, 0.3) is 0 Å². The second-order valence-electron chi connectivity index (χ2n) is 5.94. The van der Waals surface area contributed by atoms with Crippen LogP contribution < -0.4 is 5.32 Å². The number of fused-ring (bicyclic) bond motifs is 1. The summed E-state index contributed by atoms with van der Waals surface area (Å²) in [6, 6.07) is 8.64. The van der Waals surface area contributed by atoms with Gasteiger partial charge in [-0.1, -0.05) is 37.1 Å². The Kier molecular flexibility index (Phi) is 3.03. The minimum atomic E-state index is 0.308. The highest BCUT2D eigenvalue weighted by Crippen LogP contribution is 2.33. The van der Waals surface area contributed by atoms with E-state index in [0.29, 0.717) is 11.8 Å². The molecule has 2 aromatic rings. The van der Waals surface area contributed by atoms with Gasteiger partial charge in [0, 0.05) is 19.0 Å². The van der Waals surface area contributed by atoms with E-state index in [2.05, 4.69) is 39.8 Å². The van der Waals surface area contributed by atoms with Crippen LogP contribution in [0.5, 0.6) is 0 Å². The number of benzene rings is 1. The fourth-order valence-electron chi connectivity index (χ4n) is 3.55. The van der Waals surface area contributed by atoms with Crippen LogP contribution in [0.3, 0.4) is 0 Å². The summed E-state index contributed by atoms with van der Waals surface area (Å²) in [7, 11) is 0. The van der Waals surface area contributed by atoms with Gasteiger partial charge in [0.2, 0.25) is 0 Å². The SMILES string of the molecule is c1ccc2c(c1)CNCC2c1nc(C2CCCC2)n[nH]1. The van der Waals surface area contributed by atoms with Gasteiger partial charge in [-0.3, -0.25) is 5.10 Å². The predicted molar refractivity (Wildman–Crippen MR) is 77.6 cm³/mol. The Morgan fingerprint density at radius 1 is 1.10 bits per heavy atom. The summed E-state index contributed by atoms with van der Waals surface area (Å²) in [5.41, 5.74) is 2.77. The third-order valence-corrected chi connectivity index (χ3v) is 4.66. The van der Waals surface area contributed by atoms with Crippen LogP contribution in [0, 0.1) is 0 Å². The van der Waals surface area contributed by atoms with E-state index in [1.165, 1.54) is 36.8 Å². The number of aromatic nitrogens is 3. The summed E-state index contributed by atoms with van der Waals surface area (Å²) in [5.74, 6) is 2.93. The molecule has 4 heteroatoms. The molecule has 0 saturated heterocycles. The monoisotopic (exact) mass is 268 g/mol. The Hall–Kier alpha value is -1.68. The Balaban J connectivity index is 1.65.